The number of allylic oxidation sites excluding steroid dienone is 1. The molecule has 0 amide bonds. The SMILES string of the molecule is CNC(C1=CCCCO1)c1nccn1C. The van der Waals surface area contributed by atoms with Gasteiger partial charge in [-0.15, -0.1) is 0 Å². The third-order valence-corrected chi connectivity index (χ3v) is 2.65. The number of aromatic nitrogens is 2. The maximum atomic E-state index is 5.66. The number of hydrogen-bond donors (Lipinski definition) is 1. The first-order chi connectivity index (χ1) is 7.33. The summed E-state index contributed by atoms with van der Waals surface area (Å²) in [4.78, 5) is 4.34. The van der Waals surface area contributed by atoms with Crippen molar-refractivity contribution in [3.8, 4) is 0 Å². The van der Waals surface area contributed by atoms with Crippen molar-refractivity contribution in [3.63, 3.8) is 0 Å². The number of nitrogens with zero attached hydrogens (tertiary/aromatic N) is 2. The number of ether oxygens (including phenoxy) is 1. The van der Waals surface area contributed by atoms with Gasteiger partial charge < -0.3 is 14.6 Å². The summed E-state index contributed by atoms with van der Waals surface area (Å²) in [6.45, 7) is 0.814. The monoisotopic (exact) mass is 207 g/mol. The van der Waals surface area contributed by atoms with E-state index in [2.05, 4.69) is 16.4 Å². The molecular weight excluding hydrogens is 190 g/mol. The summed E-state index contributed by atoms with van der Waals surface area (Å²) < 4.78 is 7.67. The standard InChI is InChI=1S/C11H17N3O/c1-12-10(9-5-3-4-8-15-9)11-13-6-7-14(11)2/h5-7,10,12H,3-4,8H2,1-2H3. The molecule has 1 aliphatic heterocycles. The average Bonchev–Trinajstić information content (AvgIpc) is 2.68. The maximum absolute atomic E-state index is 5.66. The molecule has 0 bridgehead atoms. The molecule has 15 heavy (non-hydrogen) atoms. The molecule has 1 aromatic rings. The van der Waals surface area contributed by atoms with Gasteiger partial charge in [0.25, 0.3) is 0 Å². The van der Waals surface area contributed by atoms with Gasteiger partial charge in [0.2, 0.25) is 0 Å². The minimum atomic E-state index is 0.0744. The van der Waals surface area contributed by atoms with Crippen LogP contribution in [0.4, 0.5) is 0 Å². The molecule has 0 saturated heterocycles. The molecule has 82 valence electrons. The van der Waals surface area contributed by atoms with Crippen LogP contribution in [0.3, 0.4) is 0 Å². The fraction of sp³-hybridized carbons (Fsp3) is 0.545. The van der Waals surface area contributed by atoms with Crippen LogP contribution >= 0.6 is 0 Å². The molecule has 0 radical (unpaired) electrons. The van der Waals surface area contributed by atoms with Crippen LogP contribution in [0.2, 0.25) is 0 Å². The normalized spacial score (nSPS) is 18.1. The van der Waals surface area contributed by atoms with Gasteiger partial charge in [0.15, 0.2) is 0 Å². The van der Waals surface area contributed by atoms with Crippen molar-refractivity contribution in [2.45, 2.75) is 18.9 Å². The van der Waals surface area contributed by atoms with Crippen LogP contribution in [0.1, 0.15) is 24.7 Å². The molecular formula is C11H17N3O. The summed E-state index contributed by atoms with van der Waals surface area (Å²) in [5, 5.41) is 3.24. The van der Waals surface area contributed by atoms with Gasteiger partial charge in [0.05, 0.1) is 6.61 Å². The first kappa shape index (κ1) is 10.2. The zero-order valence-corrected chi connectivity index (χ0v) is 9.23. The van der Waals surface area contributed by atoms with Gasteiger partial charge in [-0.3, -0.25) is 0 Å². The van der Waals surface area contributed by atoms with E-state index >= 15 is 0 Å². The van der Waals surface area contributed by atoms with E-state index in [4.69, 9.17) is 4.74 Å². The average molecular weight is 207 g/mol. The van der Waals surface area contributed by atoms with E-state index in [9.17, 15) is 0 Å². The quantitative estimate of drug-likeness (QED) is 0.813. The molecule has 1 unspecified atom stereocenters. The van der Waals surface area contributed by atoms with E-state index in [1.807, 2.05) is 31.1 Å². The van der Waals surface area contributed by atoms with Gasteiger partial charge in [-0.05, 0) is 26.0 Å². The predicted octanol–water partition coefficient (Wildman–Crippen LogP) is 1.37. The van der Waals surface area contributed by atoms with Crippen molar-refractivity contribution in [2.24, 2.45) is 7.05 Å². The largest absolute Gasteiger partial charge is 0.496 e. The van der Waals surface area contributed by atoms with E-state index in [1.54, 1.807) is 0 Å². The molecule has 0 saturated carbocycles. The minimum Gasteiger partial charge on any atom is -0.496 e. The van der Waals surface area contributed by atoms with Crippen molar-refractivity contribution < 1.29 is 4.74 Å². The molecule has 4 nitrogen and oxygen atoms in total. The van der Waals surface area contributed by atoms with Gasteiger partial charge in [0.1, 0.15) is 17.6 Å². The summed E-state index contributed by atoms with van der Waals surface area (Å²) >= 11 is 0. The second kappa shape index (κ2) is 4.49. The Morgan fingerprint density at radius 3 is 3.00 bits per heavy atom. The van der Waals surface area contributed by atoms with Crippen molar-refractivity contribution in [1.82, 2.24) is 14.9 Å². The zero-order chi connectivity index (χ0) is 10.7. The highest BCUT2D eigenvalue weighted by molar-refractivity contribution is 5.14. The lowest BCUT2D eigenvalue weighted by atomic mass is 10.1. The summed E-state index contributed by atoms with van der Waals surface area (Å²) in [5.41, 5.74) is 0. The molecule has 1 aromatic heterocycles. The maximum Gasteiger partial charge on any atom is 0.133 e. The van der Waals surface area contributed by atoms with E-state index in [0.29, 0.717) is 0 Å². The molecule has 0 fully saturated rings. The zero-order valence-electron chi connectivity index (χ0n) is 9.23. The van der Waals surface area contributed by atoms with Crippen LogP contribution in [0.15, 0.2) is 24.2 Å². The van der Waals surface area contributed by atoms with Gasteiger partial charge >= 0.3 is 0 Å². The Morgan fingerprint density at radius 2 is 2.47 bits per heavy atom. The number of likely N-dealkylation sites (N-methyl/N-ethyl adjacent to an activating group) is 1. The van der Waals surface area contributed by atoms with Crippen LogP contribution in [0, 0.1) is 0 Å². The van der Waals surface area contributed by atoms with Crippen LogP contribution < -0.4 is 5.32 Å². The highest BCUT2D eigenvalue weighted by Gasteiger charge is 2.21. The van der Waals surface area contributed by atoms with E-state index < -0.39 is 0 Å². The Kier molecular flexibility index (Phi) is 3.06. The van der Waals surface area contributed by atoms with Crippen molar-refractivity contribution in [1.29, 1.82) is 0 Å². The van der Waals surface area contributed by atoms with Crippen molar-refractivity contribution in [2.75, 3.05) is 13.7 Å². The Hall–Kier alpha value is -1.29. The first-order valence-corrected chi connectivity index (χ1v) is 5.30. The van der Waals surface area contributed by atoms with Gasteiger partial charge in [-0.2, -0.15) is 0 Å². The highest BCUT2D eigenvalue weighted by atomic mass is 16.5. The second-order valence-electron chi connectivity index (χ2n) is 3.72. The smallest absolute Gasteiger partial charge is 0.133 e. The number of aryl methyl sites for hydroxylation is 1. The van der Waals surface area contributed by atoms with Crippen LogP contribution in [-0.4, -0.2) is 23.2 Å². The number of nitrogens with one attached hydrogen (secondary N) is 1. The molecule has 1 atom stereocenters. The molecule has 2 heterocycles. The Balaban J connectivity index is 2.24. The summed E-state index contributed by atoms with van der Waals surface area (Å²) in [7, 11) is 3.92. The second-order valence-corrected chi connectivity index (χ2v) is 3.72. The van der Waals surface area contributed by atoms with Crippen molar-refractivity contribution in [3.05, 3.63) is 30.1 Å². The molecule has 4 heteroatoms. The summed E-state index contributed by atoms with van der Waals surface area (Å²) in [5.74, 6) is 1.99. The Labute approximate surface area is 90.0 Å². The summed E-state index contributed by atoms with van der Waals surface area (Å²) in [6, 6.07) is 0.0744. The highest BCUT2D eigenvalue weighted by Crippen LogP contribution is 2.24. The lowest BCUT2D eigenvalue weighted by molar-refractivity contribution is 0.167. The molecule has 2 rings (SSSR count). The lowest BCUT2D eigenvalue weighted by Crippen LogP contribution is -2.24. The fourth-order valence-corrected chi connectivity index (χ4v) is 1.83. The molecule has 0 aliphatic carbocycles. The number of hydrogen-bond acceptors (Lipinski definition) is 3. The molecule has 1 N–H and O–H groups in total. The molecule has 1 aliphatic rings. The molecule has 0 spiro atoms. The van der Waals surface area contributed by atoms with Gasteiger partial charge in [-0.1, -0.05) is 0 Å². The third-order valence-electron chi connectivity index (χ3n) is 2.65. The lowest BCUT2D eigenvalue weighted by Gasteiger charge is -2.23. The van der Waals surface area contributed by atoms with Crippen LogP contribution in [0.5, 0.6) is 0 Å². The number of imidazole rings is 1. The van der Waals surface area contributed by atoms with E-state index in [1.165, 1.54) is 0 Å². The van der Waals surface area contributed by atoms with Gasteiger partial charge in [-0.25, -0.2) is 4.98 Å². The Bertz CT molecular complexity index is 356. The van der Waals surface area contributed by atoms with E-state index in [-0.39, 0.29) is 6.04 Å². The number of rotatable bonds is 3. The van der Waals surface area contributed by atoms with Gasteiger partial charge in [0, 0.05) is 19.4 Å². The summed E-state index contributed by atoms with van der Waals surface area (Å²) in [6.07, 6.45) is 8.11. The van der Waals surface area contributed by atoms with Crippen LogP contribution in [-0.2, 0) is 11.8 Å². The molecule has 0 aromatic carbocycles. The minimum absolute atomic E-state index is 0.0744. The van der Waals surface area contributed by atoms with Crippen LogP contribution in [0.25, 0.3) is 0 Å². The van der Waals surface area contributed by atoms with Crippen molar-refractivity contribution >= 4 is 0 Å². The predicted molar refractivity (Wildman–Crippen MR) is 58.3 cm³/mol. The Morgan fingerprint density at radius 1 is 1.60 bits per heavy atom. The third kappa shape index (κ3) is 2.04. The topological polar surface area (TPSA) is 39.1 Å². The fourth-order valence-electron chi connectivity index (χ4n) is 1.83. The van der Waals surface area contributed by atoms with E-state index in [0.717, 1.165) is 31.0 Å². The first-order valence-electron chi connectivity index (χ1n) is 5.30.